The first-order chi connectivity index (χ1) is 21.7. The van der Waals surface area contributed by atoms with Crippen LogP contribution in [0.25, 0.3) is 10.4 Å². The van der Waals surface area contributed by atoms with Crippen LogP contribution in [0.2, 0.25) is 0 Å². The number of likely N-dealkylation sites (tertiary alicyclic amines) is 1. The van der Waals surface area contributed by atoms with Gasteiger partial charge >= 0.3 is 0 Å². The molecule has 2 fully saturated rings. The van der Waals surface area contributed by atoms with E-state index < -0.39 is 47.0 Å². The Morgan fingerprint density at radius 1 is 1.22 bits per heavy atom. The van der Waals surface area contributed by atoms with Crippen LogP contribution in [-0.4, -0.2) is 76.3 Å². The van der Waals surface area contributed by atoms with Gasteiger partial charge in [-0.05, 0) is 63.0 Å². The monoisotopic (exact) mass is 658 g/mol. The maximum absolute atomic E-state index is 14.5. The zero-order valence-corrected chi connectivity index (χ0v) is 28.3. The number of aliphatic hydroxyl groups is 1. The number of rotatable bonds is 15. The number of amides is 3. The summed E-state index contributed by atoms with van der Waals surface area (Å²) in [6.07, 6.45) is 2.02. The maximum atomic E-state index is 14.5. The van der Waals surface area contributed by atoms with Gasteiger partial charge in [0, 0.05) is 25.1 Å². The molecule has 1 aliphatic heterocycles. The van der Waals surface area contributed by atoms with Gasteiger partial charge in [-0.15, -0.1) is 11.3 Å². The number of benzene rings is 1. The summed E-state index contributed by atoms with van der Waals surface area (Å²) in [5.41, 5.74) is 1.74. The van der Waals surface area contributed by atoms with Crippen LogP contribution < -0.4 is 15.4 Å². The fraction of sp³-hybridized carbons (Fsp3) is 0.588. The van der Waals surface area contributed by atoms with E-state index in [9.17, 15) is 23.9 Å². The first kappa shape index (κ1) is 35.3. The number of aryl methyl sites for hydroxylation is 1. The number of allylic oxidation sites excluding steroid dienone is 1. The summed E-state index contributed by atoms with van der Waals surface area (Å²) in [5.74, 6) is -0.436. The van der Waals surface area contributed by atoms with Gasteiger partial charge in [0.25, 0.3) is 5.91 Å². The summed E-state index contributed by atoms with van der Waals surface area (Å²) < 4.78 is 26.1. The molecule has 1 aliphatic carbocycles. The summed E-state index contributed by atoms with van der Waals surface area (Å²) in [4.78, 5) is 46.5. The molecule has 1 aromatic carbocycles. The molecule has 3 N–H and O–H groups in total. The molecule has 0 unspecified atom stereocenters. The van der Waals surface area contributed by atoms with Crippen LogP contribution in [0.1, 0.15) is 77.5 Å². The number of thiazole rings is 1. The fourth-order valence-electron chi connectivity index (χ4n) is 5.38. The number of halogens is 1. The molecular formula is C34H47FN4O6S. The molecule has 0 spiro atoms. The molecule has 1 saturated carbocycles. The van der Waals surface area contributed by atoms with Gasteiger partial charge in [0.2, 0.25) is 11.8 Å². The third-order valence-electron chi connectivity index (χ3n) is 8.27. The van der Waals surface area contributed by atoms with E-state index in [1.165, 1.54) is 4.90 Å². The highest BCUT2D eigenvalue weighted by Gasteiger charge is 2.53. The second-order valence-electron chi connectivity index (χ2n) is 13.4. The number of ether oxygens (including phenoxy) is 2. The Kier molecular flexibility index (Phi) is 11.5. The van der Waals surface area contributed by atoms with E-state index in [-0.39, 0.29) is 32.4 Å². The molecule has 0 radical (unpaired) electrons. The Morgan fingerprint density at radius 3 is 2.57 bits per heavy atom. The van der Waals surface area contributed by atoms with Crippen molar-refractivity contribution >= 4 is 29.1 Å². The first-order valence-corrected chi connectivity index (χ1v) is 16.8. The smallest absolute Gasteiger partial charge is 0.258 e. The van der Waals surface area contributed by atoms with Gasteiger partial charge in [-0.1, -0.05) is 39.5 Å². The van der Waals surface area contributed by atoms with E-state index in [0.717, 1.165) is 41.0 Å². The number of carbonyl (C=O) groups is 3. The number of nitrogens with zero attached hydrogens (tertiary/aromatic N) is 2. The second-order valence-corrected chi connectivity index (χ2v) is 14.3. The predicted molar refractivity (Wildman–Crippen MR) is 175 cm³/mol. The van der Waals surface area contributed by atoms with Gasteiger partial charge in [0.05, 0.1) is 41.2 Å². The normalized spacial score (nSPS) is 19.3. The van der Waals surface area contributed by atoms with Crippen molar-refractivity contribution in [3.63, 3.8) is 0 Å². The van der Waals surface area contributed by atoms with Crippen molar-refractivity contribution in [1.82, 2.24) is 20.5 Å². The molecule has 0 bridgehead atoms. The van der Waals surface area contributed by atoms with Crippen molar-refractivity contribution in [3.05, 3.63) is 47.3 Å². The number of alkyl halides is 1. The number of aromatic nitrogens is 1. The highest BCUT2D eigenvalue weighted by molar-refractivity contribution is 7.13. The average Bonchev–Trinajstić information content (AvgIpc) is 3.40. The van der Waals surface area contributed by atoms with Gasteiger partial charge < -0.3 is 30.1 Å². The number of unbranched alkanes of at least 4 members (excludes halogenated alkanes) is 2. The van der Waals surface area contributed by atoms with Gasteiger partial charge in [-0.2, -0.15) is 0 Å². The second kappa shape index (κ2) is 14.9. The van der Waals surface area contributed by atoms with Crippen molar-refractivity contribution in [1.29, 1.82) is 0 Å². The summed E-state index contributed by atoms with van der Waals surface area (Å²) >= 11 is 1.54. The molecule has 1 aromatic heterocycles. The highest BCUT2D eigenvalue weighted by atomic mass is 32.1. The van der Waals surface area contributed by atoms with Crippen LogP contribution in [0.15, 0.2) is 36.0 Å². The zero-order valence-electron chi connectivity index (χ0n) is 27.5. The van der Waals surface area contributed by atoms with Gasteiger partial charge in [-0.25, -0.2) is 9.37 Å². The van der Waals surface area contributed by atoms with Crippen LogP contribution in [-0.2, 0) is 25.7 Å². The van der Waals surface area contributed by atoms with E-state index in [1.807, 2.05) is 32.0 Å². The van der Waals surface area contributed by atoms with Crippen molar-refractivity contribution < 1.29 is 33.4 Å². The molecule has 46 heavy (non-hydrogen) atoms. The summed E-state index contributed by atoms with van der Waals surface area (Å²) in [5, 5.41) is 16.0. The summed E-state index contributed by atoms with van der Waals surface area (Å²) in [6.45, 7) is 14.0. The molecule has 2 aliphatic rings. The molecule has 10 nitrogen and oxygen atoms in total. The minimum Gasteiger partial charge on any atom is -0.499 e. The third-order valence-corrected chi connectivity index (χ3v) is 9.25. The van der Waals surface area contributed by atoms with Crippen molar-refractivity contribution in [2.45, 2.75) is 104 Å². The fourth-order valence-corrected chi connectivity index (χ4v) is 6.18. The molecule has 4 rings (SSSR count). The average molecular weight is 659 g/mol. The molecule has 2 heterocycles. The Bertz CT molecular complexity index is 1420. The Balaban J connectivity index is 1.44. The summed E-state index contributed by atoms with van der Waals surface area (Å²) in [7, 11) is 0. The largest absolute Gasteiger partial charge is 0.499 e. The summed E-state index contributed by atoms with van der Waals surface area (Å²) in [6, 6.07) is 3.81. The quantitative estimate of drug-likeness (QED) is 0.185. The lowest BCUT2D eigenvalue weighted by molar-refractivity contribution is -0.145. The van der Waals surface area contributed by atoms with E-state index in [0.29, 0.717) is 24.7 Å². The molecular weight excluding hydrogens is 611 g/mol. The predicted octanol–water partition coefficient (Wildman–Crippen LogP) is 4.83. The molecule has 1 saturated heterocycles. The molecule has 3 amide bonds. The number of β-amino-alcohol motifs (C(OH)–C–C–N with tert-alkyl or cyclic N) is 1. The minimum atomic E-state index is -1.95. The molecule has 3 atom stereocenters. The maximum Gasteiger partial charge on any atom is 0.258 e. The van der Waals surface area contributed by atoms with E-state index in [1.54, 1.807) is 37.6 Å². The van der Waals surface area contributed by atoms with Crippen LogP contribution >= 0.6 is 11.3 Å². The SMILES string of the molecule is C=C(C)OCCCCCOc1cc(-c2scnc2C)ccc1CNC(=O)[C@@H]1C[C@@H](O)CN1C(=O)[C@@H](NC(=O)C1(F)CC1)C(C)(C)C. The van der Waals surface area contributed by atoms with Gasteiger partial charge in [-0.3, -0.25) is 14.4 Å². The third kappa shape index (κ3) is 9.06. The Morgan fingerprint density at radius 2 is 1.93 bits per heavy atom. The first-order valence-electron chi connectivity index (χ1n) is 15.9. The van der Waals surface area contributed by atoms with E-state index in [2.05, 4.69) is 22.2 Å². The number of hydrogen-bond acceptors (Lipinski definition) is 8. The number of aliphatic hydroxyl groups excluding tert-OH is 1. The standard InChI is InChI=1S/C34H47FN4O6S/c1-21(2)44-14-8-7-9-15-45-27-16-23(28-22(3)37-20-46-28)10-11-24(27)18-36-30(41)26-17-25(40)19-39(26)31(42)29(33(4,5)6)38-32(43)34(35)12-13-34/h10-11,16,20,25-26,29,40H,1,7-9,12-15,17-19H2,2-6H3,(H,36,41)(H,38,43)/t25-,26+,29-/m1/s1. The highest BCUT2D eigenvalue weighted by Crippen LogP contribution is 2.40. The van der Waals surface area contributed by atoms with Crippen molar-refractivity contribution in [3.8, 4) is 16.2 Å². The molecule has 12 heteroatoms. The molecule has 252 valence electrons. The van der Waals surface area contributed by atoms with E-state index in [4.69, 9.17) is 9.47 Å². The number of carbonyl (C=O) groups excluding carboxylic acids is 3. The van der Waals surface area contributed by atoms with Gasteiger partial charge in [0.15, 0.2) is 5.67 Å². The number of hydrogen-bond donors (Lipinski definition) is 3. The van der Waals surface area contributed by atoms with E-state index >= 15 is 0 Å². The van der Waals surface area contributed by atoms with Gasteiger partial charge in [0.1, 0.15) is 17.8 Å². The van der Waals surface area contributed by atoms with Crippen molar-refractivity contribution in [2.75, 3.05) is 19.8 Å². The molecule has 2 aromatic rings. The van der Waals surface area contributed by atoms with Crippen LogP contribution in [0.3, 0.4) is 0 Å². The Labute approximate surface area is 274 Å². The number of nitrogens with one attached hydrogen (secondary N) is 2. The minimum absolute atomic E-state index is 0.0530. The van der Waals surface area contributed by atoms with Crippen LogP contribution in [0.5, 0.6) is 5.75 Å². The lowest BCUT2D eigenvalue weighted by atomic mass is 9.85. The topological polar surface area (TPSA) is 130 Å². The Hall–Kier alpha value is -3.51. The zero-order chi connectivity index (χ0) is 33.6. The van der Waals surface area contributed by atoms with Crippen LogP contribution in [0.4, 0.5) is 4.39 Å². The van der Waals surface area contributed by atoms with Crippen LogP contribution in [0, 0.1) is 12.3 Å². The lowest BCUT2D eigenvalue weighted by Gasteiger charge is -2.35. The lowest BCUT2D eigenvalue weighted by Crippen LogP contribution is -2.59. The van der Waals surface area contributed by atoms with Crippen molar-refractivity contribution in [2.24, 2.45) is 5.41 Å².